The van der Waals surface area contributed by atoms with E-state index in [0.29, 0.717) is 17.3 Å². The van der Waals surface area contributed by atoms with Crippen molar-refractivity contribution in [1.82, 2.24) is 15.1 Å². The molecule has 0 atom stereocenters. The van der Waals surface area contributed by atoms with Gasteiger partial charge in [-0.25, -0.2) is 0 Å². The Morgan fingerprint density at radius 3 is 3.00 bits per heavy atom. The van der Waals surface area contributed by atoms with Crippen LogP contribution in [0.25, 0.3) is 0 Å². The van der Waals surface area contributed by atoms with Gasteiger partial charge in [0.25, 0.3) is 5.91 Å². The molecule has 1 N–H and O–H groups in total. The molecule has 1 amide bonds. The smallest absolute Gasteiger partial charge is 0.286 e. The largest absolute Gasteiger partial charge is 0.485 e. The van der Waals surface area contributed by atoms with Gasteiger partial charge in [0.2, 0.25) is 0 Å². The van der Waals surface area contributed by atoms with E-state index in [0.717, 1.165) is 24.3 Å². The molecule has 0 radical (unpaired) electrons. The third-order valence-corrected chi connectivity index (χ3v) is 4.04. The van der Waals surface area contributed by atoms with Crippen LogP contribution in [0.3, 0.4) is 0 Å². The number of carbonyl (C=O) groups excluding carboxylic acids is 1. The van der Waals surface area contributed by atoms with Gasteiger partial charge >= 0.3 is 0 Å². The van der Waals surface area contributed by atoms with Crippen LogP contribution in [0.15, 0.2) is 53.2 Å². The number of furan rings is 1. The summed E-state index contributed by atoms with van der Waals surface area (Å²) in [5.74, 6) is 1.35. The van der Waals surface area contributed by atoms with E-state index in [2.05, 4.69) is 10.4 Å². The fourth-order valence-corrected chi connectivity index (χ4v) is 2.69. The highest BCUT2D eigenvalue weighted by molar-refractivity contribution is 6.30. The highest BCUT2D eigenvalue weighted by atomic mass is 35.5. The van der Waals surface area contributed by atoms with Gasteiger partial charge in [-0.3, -0.25) is 9.48 Å². The van der Waals surface area contributed by atoms with Crippen molar-refractivity contribution in [2.45, 2.75) is 26.5 Å². The number of hydrogen-bond donors (Lipinski definition) is 1. The Balaban J connectivity index is 1.45. The molecular formula is C19H20ClN3O3. The van der Waals surface area contributed by atoms with Crippen LogP contribution in [-0.4, -0.2) is 22.2 Å². The van der Waals surface area contributed by atoms with Crippen LogP contribution in [0.4, 0.5) is 0 Å². The van der Waals surface area contributed by atoms with Crippen molar-refractivity contribution >= 4 is 17.5 Å². The Morgan fingerprint density at radius 1 is 1.35 bits per heavy atom. The predicted octanol–water partition coefficient (Wildman–Crippen LogP) is 3.84. The maximum Gasteiger partial charge on any atom is 0.286 e. The number of halogens is 1. The van der Waals surface area contributed by atoms with Crippen LogP contribution in [0, 0.1) is 6.92 Å². The molecule has 6 nitrogen and oxygen atoms in total. The highest BCUT2D eigenvalue weighted by Crippen LogP contribution is 2.23. The zero-order chi connectivity index (χ0) is 18.4. The topological polar surface area (TPSA) is 69.3 Å². The van der Waals surface area contributed by atoms with Gasteiger partial charge in [-0.15, -0.1) is 0 Å². The standard InChI is InChI=1S/C19H20ClN3O3/c1-14-12-15(20)4-6-17(14)25-13-16-5-7-18(26-16)19(24)21-8-2-10-23-11-3-9-22-23/h3-7,9,11-12H,2,8,10,13H2,1H3,(H,21,24). The zero-order valence-electron chi connectivity index (χ0n) is 14.4. The van der Waals surface area contributed by atoms with E-state index in [4.69, 9.17) is 20.8 Å². The number of hydrogen-bond acceptors (Lipinski definition) is 4. The van der Waals surface area contributed by atoms with Crippen molar-refractivity contribution < 1.29 is 13.9 Å². The molecule has 0 bridgehead atoms. The summed E-state index contributed by atoms with van der Waals surface area (Å²) in [6.07, 6.45) is 4.42. The molecule has 3 aromatic rings. The summed E-state index contributed by atoms with van der Waals surface area (Å²) in [7, 11) is 0. The number of nitrogens with one attached hydrogen (secondary N) is 1. The first-order valence-electron chi connectivity index (χ1n) is 8.35. The molecule has 0 saturated heterocycles. The molecule has 136 valence electrons. The van der Waals surface area contributed by atoms with E-state index < -0.39 is 0 Å². The van der Waals surface area contributed by atoms with E-state index in [9.17, 15) is 4.79 Å². The average Bonchev–Trinajstić information content (AvgIpc) is 3.29. The summed E-state index contributed by atoms with van der Waals surface area (Å²) in [4.78, 5) is 12.1. The van der Waals surface area contributed by atoms with E-state index in [1.165, 1.54) is 0 Å². The van der Waals surface area contributed by atoms with Gasteiger partial charge in [0.05, 0.1) is 0 Å². The number of rotatable bonds is 8. The molecule has 0 aliphatic rings. The van der Waals surface area contributed by atoms with Gasteiger partial charge in [0.1, 0.15) is 18.1 Å². The first kappa shape index (κ1) is 18.1. The third kappa shape index (κ3) is 4.89. The van der Waals surface area contributed by atoms with E-state index in [1.807, 2.05) is 36.0 Å². The second kappa shape index (κ2) is 8.58. The Morgan fingerprint density at radius 2 is 2.23 bits per heavy atom. The first-order valence-corrected chi connectivity index (χ1v) is 8.73. The van der Waals surface area contributed by atoms with E-state index in [-0.39, 0.29) is 18.3 Å². The van der Waals surface area contributed by atoms with E-state index in [1.54, 1.807) is 24.4 Å². The number of carbonyl (C=O) groups is 1. The van der Waals surface area contributed by atoms with Crippen LogP contribution in [0.5, 0.6) is 5.75 Å². The lowest BCUT2D eigenvalue weighted by Crippen LogP contribution is -2.24. The minimum Gasteiger partial charge on any atom is -0.485 e. The summed E-state index contributed by atoms with van der Waals surface area (Å²) < 4.78 is 13.1. The second-order valence-electron chi connectivity index (χ2n) is 5.84. The van der Waals surface area contributed by atoms with Gasteiger partial charge in [0.15, 0.2) is 5.76 Å². The predicted molar refractivity (Wildman–Crippen MR) is 98.4 cm³/mol. The van der Waals surface area contributed by atoms with Crippen LogP contribution in [0.1, 0.15) is 28.3 Å². The maximum atomic E-state index is 12.1. The van der Waals surface area contributed by atoms with Gasteiger partial charge in [-0.1, -0.05) is 11.6 Å². The quantitative estimate of drug-likeness (QED) is 0.609. The number of nitrogens with zero attached hydrogens (tertiary/aromatic N) is 2. The molecule has 1 aromatic carbocycles. The van der Waals surface area contributed by atoms with Gasteiger partial charge in [-0.05, 0) is 55.3 Å². The Labute approximate surface area is 156 Å². The highest BCUT2D eigenvalue weighted by Gasteiger charge is 2.11. The number of benzene rings is 1. The second-order valence-corrected chi connectivity index (χ2v) is 6.28. The summed E-state index contributed by atoms with van der Waals surface area (Å²) in [5.41, 5.74) is 0.944. The Kier molecular flexibility index (Phi) is 5.96. The van der Waals surface area contributed by atoms with Crippen LogP contribution >= 0.6 is 11.6 Å². The molecule has 0 fully saturated rings. The third-order valence-electron chi connectivity index (χ3n) is 3.80. The molecule has 3 rings (SSSR count). The molecule has 26 heavy (non-hydrogen) atoms. The summed E-state index contributed by atoms with van der Waals surface area (Å²) in [6, 6.07) is 10.7. The number of aromatic nitrogens is 2. The number of amides is 1. The first-order chi connectivity index (χ1) is 12.6. The molecule has 2 heterocycles. The molecule has 0 unspecified atom stereocenters. The normalized spacial score (nSPS) is 10.7. The molecule has 7 heteroatoms. The lowest BCUT2D eigenvalue weighted by atomic mass is 10.2. The summed E-state index contributed by atoms with van der Waals surface area (Å²) >= 11 is 5.93. The lowest BCUT2D eigenvalue weighted by Gasteiger charge is -2.07. The van der Waals surface area contributed by atoms with Crippen molar-refractivity contribution in [2.75, 3.05) is 6.54 Å². The van der Waals surface area contributed by atoms with Gasteiger partial charge < -0.3 is 14.5 Å². The Bertz CT molecular complexity index is 859. The van der Waals surface area contributed by atoms with Crippen LogP contribution in [-0.2, 0) is 13.2 Å². The summed E-state index contributed by atoms with van der Waals surface area (Å²) in [5, 5.41) is 7.62. The van der Waals surface area contributed by atoms with Gasteiger partial charge in [-0.2, -0.15) is 5.10 Å². The van der Waals surface area contributed by atoms with Crippen molar-refractivity contribution in [2.24, 2.45) is 0 Å². The van der Waals surface area contributed by atoms with E-state index >= 15 is 0 Å². The monoisotopic (exact) mass is 373 g/mol. The fourth-order valence-electron chi connectivity index (χ4n) is 2.46. The fraction of sp³-hybridized carbons (Fsp3) is 0.263. The molecule has 0 spiro atoms. The molecule has 0 aliphatic carbocycles. The molecule has 0 aliphatic heterocycles. The zero-order valence-corrected chi connectivity index (χ0v) is 15.2. The lowest BCUT2D eigenvalue weighted by molar-refractivity contribution is 0.0920. The van der Waals surface area contributed by atoms with Crippen molar-refractivity contribution in [3.63, 3.8) is 0 Å². The minimum atomic E-state index is -0.237. The number of ether oxygens (including phenoxy) is 1. The van der Waals surface area contributed by atoms with Crippen LogP contribution in [0.2, 0.25) is 5.02 Å². The Hall–Kier alpha value is -2.73. The van der Waals surface area contributed by atoms with Gasteiger partial charge in [0, 0.05) is 30.5 Å². The van der Waals surface area contributed by atoms with Crippen molar-refractivity contribution in [3.05, 3.63) is 70.9 Å². The molecular weight excluding hydrogens is 354 g/mol. The minimum absolute atomic E-state index is 0.237. The maximum absolute atomic E-state index is 12.1. The van der Waals surface area contributed by atoms with Crippen LogP contribution < -0.4 is 10.1 Å². The van der Waals surface area contributed by atoms with Crippen molar-refractivity contribution in [3.8, 4) is 5.75 Å². The van der Waals surface area contributed by atoms with Crippen molar-refractivity contribution in [1.29, 1.82) is 0 Å². The molecule has 2 aromatic heterocycles. The SMILES string of the molecule is Cc1cc(Cl)ccc1OCc1ccc(C(=O)NCCCn2cccn2)o1. The molecule has 0 saturated carbocycles. The average molecular weight is 374 g/mol. The summed E-state index contributed by atoms with van der Waals surface area (Å²) in [6.45, 7) is 3.47. The number of aryl methyl sites for hydroxylation is 2.